The Hall–Kier alpha value is -3.10. The standard InChI is InChI=1S/C20H27N5O8/c1-8(14(28)11-4-3-10(26)7-22-11)13(21)18(31)23-9(2)17-15(29)16(30)19(33-17)25-6-5-12(27)24-20(25)32/h3-9,13-17,19,26,28-30H,21H2,1-2H3,(H,23,31)(H,24,27,32)/t8-,9?,13-,14-,15?,16?,17+,19+/m0/s1. The first-order valence-electron chi connectivity index (χ1n) is 10.2. The molecule has 13 heteroatoms. The molecule has 2 aromatic heterocycles. The normalized spacial score (nSPS) is 26.4. The lowest BCUT2D eigenvalue weighted by molar-refractivity contribution is -0.127. The van der Waals surface area contributed by atoms with Crippen molar-refractivity contribution in [2.24, 2.45) is 11.7 Å². The van der Waals surface area contributed by atoms with Gasteiger partial charge in [-0.05, 0) is 19.1 Å². The summed E-state index contributed by atoms with van der Waals surface area (Å²) in [7, 11) is 0. The number of ether oxygens (including phenoxy) is 1. The van der Waals surface area contributed by atoms with Crippen LogP contribution in [0, 0.1) is 5.92 Å². The Bertz CT molecular complexity index is 1090. The summed E-state index contributed by atoms with van der Waals surface area (Å²) < 4.78 is 6.56. The molecule has 3 heterocycles. The highest BCUT2D eigenvalue weighted by molar-refractivity contribution is 5.82. The summed E-state index contributed by atoms with van der Waals surface area (Å²) in [6, 6.07) is 1.82. The van der Waals surface area contributed by atoms with Crippen LogP contribution >= 0.6 is 0 Å². The molecule has 3 rings (SSSR count). The number of aromatic hydroxyl groups is 1. The minimum Gasteiger partial charge on any atom is -0.506 e. The minimum absolute atomic E-state index is 0.0748. The van der Waals surface area contributed by atoms with Crippen molar-refractivity contribution in [2.75, 3.05) is 0 Å². The monoisotopic (exact) mass is 465 g/mol. The van der Waals surface area contributed by atoms with Crippen LogP contribution < -0.4 is 22.3 Å². The molecule has 0 saturated carbocycles. The number of carbonyl (C=O) groups excluding carboxylic acids is 1. The van der Waals surface area contributed by atoms with E-state index in [0.717, 1.165) is 23.0 Å². The van der Waals surface area contributed by atoms with Gasteiger partial charge < -0.3 is 36.2 Å². The number of hydrogen-bond donors (Lipinski definition) is 7. The fraction of sp³-hybridized carbons (Fsp3) is 0.500. The first-order valence-corrected chi connectivity index (χ1v) is 10.2. The predicted molar refractivity (Wildman–Crippen MR) is 113 cm³/mol. The van der Waals surface area contributed by atoms with E-state index in [9.17, 15) is 34.8 Å². The molecular formula is C20H27N5O8. The minimum atomic E-state index is -1.51. The lowest BCUT2D eigenvalue weighted by atomic mass is 9.92. The van der Waals surface area contributed by atoms with Crippen molar-refractivity contribution in [3.63, 3.8) is 0 Å². The molecule has 180 valence electrons. The van der Waals surface area contributed by atoms with Crippen LogP contribution in [0.5, 0.6) is 5.75 Å². The zero-order valence-electron chi connectivity index (χ0n) is 17.9. The van der Waals surface area contributed by atoms with Crippen molar-refractivity contribution in [3.8, 4) is 5.75 Å². The Kier molecular flexibility index (Phi) is 7.29. The van der Waals surface area contributed by atoms with E-state index >= 15 is 0 Å². The maximum atomic E-state index is 12.7. The number of rotatable bonds is 7. The molecule has 0 spiro atoms. The van der Waals surface area contributed by atoms with Gasteiger partial charge in [-0.1, -0.05) is 6.92 Å². The number of H-pyrrole nitrogens is 1. The van der Waals surface area contributed by atoms with Gasteiger partial charge in [0.1, 0.15) is 30.2 Å². The van der Waals surface area contributed by atoms with E-state index < -0.39 is 65.8 Å². The molecule has 33 heavy (non-hydrogen) atoms. The second-order valence-corrected chi connectivity index (χ2v) is 8.06. The number of carbonyl (C=O) groups is 1. The van der Waals surface area contributed by atoms with Crippen LogP contribution in [0.15, 0.2) is 40.2 Å². The number of hydrogen-bond acceptors (Lipinski definition) is 10. The molecule has 0 bridgehead atoms. The number of aromatic nitrogens is 3. The molecule has 8 N–H and O–H groups in total. The third kappa shape index (κ3) is 5.12. The highest BCUT2D eigenvalue weighted by Gasteiger charge is 2.47. The maximum Gasteiger partial charge on any atom is 0.330 e. The van der Waals surface area contributed by atoms with Gasteiger partial charge in [0, 0.05) is 18.2 Å². The first-order chi connectivity index (χ1) is 15.5. The highest BCUT2D eigenvalue weighted by atomic mass is 16.6. The molecule has 1 saturated heterocycles. The van der Waals surface area contributed by atoms with Crippen LogP contribution in [0.25, 0.3) is 0 Å². The average Bonchev–Trinajstić information content (AvgIpc) is 3.07. The Labute approximate surface area is 187 Å². The number of nitrogens with two attached hydrogens (primary N) is 1. The second kappa shape index (κ2) is 9.80. The molecule has 3 unspecified atom stereocenters. The molecule has 0 aromatic carbocycles. The van der Waals surface area contributed by atoms with Gasteiger partial charge in [-0.3, -0.25) is 24.1 Å². The van der Waals surface area contributed by atoms with Crippen molar-refractivity contribution in [1.82, 2.24) is 19.9 Å². The van der Waals surface area contributed by atoms with Crippen molar-refractivity contribution < 1.29 is 30.0 Å². The zero-order valence-corrected chi connectivity index (χ0v) is 17.9. The molecular weight excluding hydrogens is 438 g/mol. The van der Waals surface area contributed by atoms with Gasteiger partial charge >= 0.3 is 5.69 Å². The summed E-state index contributed by atoms with van der Waals surface area (Å²) in [6.07, 6.45) is -4.25. The lowest BCUT2D eigenvalue weighted by Crippen LogP contribution is -2.53. The van der Waals surface area contributed by atoms with Crippen molar-refractivity contribution in [1.29, 1.82) is 0 Å². The highest BCUT2D eigenvalue weighted by Crippen LogP contribution is 2.30. The smallest absolute Gasteiger partial charge is 0.330 e. The molecule has 0 radical (unpaired) electrons. The lowest BCUT2D eigenvalue weighted by Gasteiger charge is -2.28. The van der Waals surface area contributed by atoms with E-state index in [2.05, 4.69) is 10.3 Å². The van der Waals surface area contributed by atoms with Gasteiger partial charge in [0.25, 0.3) is 5.56 Å². The number of nitrogens with zero attached hydrogens (tertiary/aromatic N) is 2. The number of amides is 1. The molecule has 1 fully saturated rings. The molecule has 13 nitrogen and oxygen atoms in total. The summed E-state index contributed by atoms with van der Waals surface area (Å²) >= 11 is 0. The van der Waals surface area contributed by atoms with E-state index in [4.69, 9.17) is 10.5 Å². The number of aromatic amines is 1. The van der Waals surface area contributed by atoms with Crippen LogP contribution in [-0.4, -0.2) is 71.3 Å². The summed E-state index contributed by atoms with van der Waals surface area (Å²) in [5.41, 5.74) is 4.77. The third-order valence-electron chi connectivity index (χ3n) is 5.70. The van der Waals surface area contributed by atoms with Crippen LogP contribution in [0.2, 0.25) is 0 Å². The van der Waals surface area contributed by atoms with Gasteiger partial charge in [-0.15, -0.1) is 0 Å². The average molecular weight is 465 g/mol. The molecule has 8 atom stereocenters. The Morgan fingerprint density at radius 1 is 1.24 bits per heavy atom. The second-order valence-electron chi connectivity index (χ2n) is 8.06. The van der Waals surface area contributed by atoms with Gasteiger partial charge in [-0.2, -0.15) is 0 Å². The Balaban J connectivity index is 1.66. The van der Waals surface area contributed by atoms with Crippen molar-refractivity contribution in [3.05, 3.63) is 57.1 Å². The van der Waals surface area contributed by atoms with Crippen LogP contribution in [0.3, 0.4) is 0 Å². The van der Waals surface area contributed by atoms with E-state index in [-0.39, 0.29) is 11.4 Å². The van der Waals surface area contributed by atoms with Crippen molar-refractivity contribution >= 4 is 5.91 Å². The molecule has 1 aliphatic rings. The van der Waals surface area contributed by atoms with Crippen LogP contribution in [-0.2, 0) is 9.53 Å². The number of pyridine rings is 1. The Morgan fingerprint density at radius 2 is 1.94 bits per heavy atom. The fourth-order valence-electron chi connectivity index (χ4n) is 3.64. The largest absolute Gasteiger partial charge is 0.506 e. The summed E-state index contributed by atoms with van der Waals surface area (Å²) in [5, 5.41) is 43.1. The third-order valence-corrected chi connectivity index (χ3v) is 5.70. The van der Waals surface area contributed by atoms with E-state index in [1.165, 1.54) is 19.1 Å². The van der Waals surface area contributed by atoms with Gasteiger partial charge in [-0.25, -0.2) is 4.79 Å². The van der Waals surface area contributed by atoms with Gasteiger partial charge in [0.2, 0.25) is 5.91 Å². The van der Waals surface area contributed by atoms with E-state index in [1.54, 1.807) is 6.92 Å². The van der Waals surface area contributed by atoms with Crippen LogP contribution in [0.1, 0.15) is 31.9 Å². The summed E-state index contributed by atoms with van der Waals surface area (Å²) in [5.74, 6) is -1.49. The molecule has 2 aromatic rings. The fourth-order valence-corrected chi connectivity index (χ4v) is 3.64. The number of nitrogens with one attached hydrogen (secondary N) is 2. The molecule has 1 aliphatic heterocycles. The Morgan fingerprint density at radius 3 is 2.55 bits per heavy atom. The van der Waals surface area contributed by atoms with Crippen molar-refractivity contribution in [2.45, 2.75) is 56.6 Å². The van der Waals surface area contributed by atoms with E-state index in [0.29, 0.717) is 0 Å². The zero-order chi connectivity index (χ0) is 24.4. The number of aliphatic hydroxyl groups excluding tert-OH is 3. The summed E-state index contributed by atoms with van der Waals surface area (Å²) in [6.45, 7) is 3.07. The van der Waals surface area contributed by atoms with E-state index in [1.807, 2.05) is 4.98 Å². The molecule has 0 aliphatic carbocycles. The summed E-state index contributed by atoms with van der Waals surface area (Å²) in [4.78, 5) is 41.9. The predicted octanol–water partition coefficient (Wildman–Crippen LogP) is -2.54. The number of aliphatic hydroxyl groups is 3. The molecule has 1 amide bonds. The van der Waals surface area contributed by atoms with Gasteiger partial charge in [0.05, 0.1) is 24.0 Å². The van der Waals surface area contributed by atoms with Crippen LogP contribution in [0.4, 0.5) is 0 Å². The first kappa shape index (κ1) is 24.5. The van der Waals surface area contributed by atoms with Gasteiger partial charge in [0.15, 0.2) is 6.23 Å². The topological polar surface area (TPSA) is 213 Å². The maximum absolute atomic E-state index is 12.7. The quantitative estimate of drug-likeness (QED) is 0.227. The SMILES string of the molecule is CC(NC(=O)[C@@H](N)[C@H](C)[C@H](O)c1ccc(O)cn1)[C@H]1O[C@@H](n2ccc(=O)[nH]c2=O)C(O)C1O.